The van der Waals surface area contributed by atoms with Gasteiger partial charge >= 0.3 is 0 Å². The molecule has 1 aliphatic heterocycles. The van der Waals surface area contributed by atoms with Crippen LogP contribution in [0.15, 0.2) is 71.6 Å². The van der Waals surface area contributed by atoms with Gasteiger partial charge in [0.15, 0.2) is 0 Å². The number of likely N-dealkylation sites (tertiary alicyclic amines) is 1. The third-order valence-corrected chi connectivity index (χ3v) is 7.07. The van der Waals surface area contributed by atoms with Gasteiger partial charge in [-0.25, -0.2) is 12.8 Å². The van der Waals surface area contributed by atoms with E-state index in [-0.39, 0.29) is 47.5 Å². The number of halogens is 1. The van der Waals surface area contributed by atoms with Gasteiger partial charge in [-0.3, -0.25) is 24.0 Å². The van der Waals surface area contributed by atoms with Crippen LogP contribution in [0.5, 0.6) is 0 Å². The maximum atomic E-state index is 13.9. The number of hydrogen-bond donors (Lipinski definition) is 2. The van der Waals surface area contributed by atoms with Crippen LogP contribution in [0.3, 0.4) is 0 Å². The van der Waals surface area contributed by atoms with Gasteiger partial charge in [0.2, 0.25) is 11.8 Å². The predicted octanol–water partition coefficient (Wildman–Crippen LogP) is 3.84. The van der Waals surface area contributed by atoms with E-state index in [2.05, 4.69) is 10.0 Å². The van der Waals surface area contributed by atoms with Crippen LogP contribution in [0.4, 0.5) is 15.8 Å². The first-order chi connectivity index (χ1) is 16.6. The molecule has 0 aromatic heterocycles. The van der Waals surface area contributed by atoms with Crippen LogP contribution in [-0.4, -0.2) is 31.0 Å². The molecule has 1 saturated heterocycles. The highest BCUT2D eigenvalue weighted by atomic mass is 32.2. The molecule has 0 aliphatic carbocycles. The van der Waals surface area contributed by atoms with Crippen LogP contribution in [0, 0.1) is 12.7 Å². The summed E-state index contributed by atoms with van der Waals surface area (Å²) in [4.78, 5) is 37.4. The summed E-state index contributed by atoms with van der Waals surface area (Å²) >= 11 is 0. The fourth-order valence-electron chi connectivity index (χ4n) is 3.66. The maximum Gasteiger partial charge on any atom is 0.262 e. The van der Waals surface area contributed by atoms with Crippen molar-refractivity contribution in [1.82, 2.24) is 4.90 Å². The lowest BCUT2D eigenvalue weighted by molar-refractivity contribution is -0.139. The van der Waals surface area contributed by atoms with E-state index in [4.69, 9.17) is 0 Å². The van der Waals surface area contributed by atoms with Crippen molar-refractivity contribution < 1.29 is 27.2 Å². The lowest BCUT2D eigenvalue weighted by Crippen LogP contribution is -2.28. The summed E-state index contributed by atoms with van der Waals surface area (Å²) in [6, 6.07) is 16.2. The number of sulfonamides is 1. The molecule has 1 fully saturated rings. The minimum absolute atomic E-state index is 0.103. The number of carbonyl (C=O) groups is 3. The van der Waals surface area contributed by atoms with Gasteiger partial charge in [-0.2, -0.15) is 0 Å². The molecule has 0 saturated carbocycles. The van der Waals surface area contributed by atoms with Gasteiger partial charge in [0.1, 0.15) is 5.82 Å². The van der Waals surface area contributed by atoms with Crippen LogP contribution in [0.1, 0.15) is 34.3 Å². The summed E-state index contributed by atoms with van der Waals surface area (Å²) in [5.74, 6) is -1.61. The number of imide groups is 1. The second-order valence-electron chi connectivity index (χ2n) is 8.09. The lowest BCUT2D eigenvalue weighted by Gasteiger charge is -2.14. The molecule has 0 bridgehead atoms. The van der Waals surface area contributed by atoms with Crippen LogP contribution < -0.4 is 10.0 Å². The number of hydrogen-bond acceptors (Lipinski definition) is 5. The molecule has 0 atom stereocenters. The summed E-state index contributed by atoms with van der Waals surface area (Å²) in [5.41, 5.74) is 1.49. The molecule has 3 aromatic carbocycles. The van der Waals surface area contributed by atoms with Crippen molar-refractivity contribution in [1.29, 1.82) is 0 Å². The molecule has 0 spiro atoms. The van der Waals surface area contributed by atoms with Gasteiger partial charge in [0, 0.05) is 24.1 Å². The Morgan fingerprint density at radius 3 is 2.29 bits per heavy atom. The fraction of sp³-hybridized carbons (Fsp3) is 0.160. The Morgan fingerprint density at radius 2 is 1.63 bits per heavy atom. The van der Waals surface area contributed by atoms with E-state index in [1.54, 1.807) is 43.3 Å². The summed E-state index contributed by atoms with van der Waals surface area (Å²) < 4.78 is 41.9. The minimum Gasteiger partial charge on any atom is -0.322 e. The van der Waals surface area contributed by atoms with Crippen molar-refractivity contribution in [3.05, 3.63) is 89.2 Å². The maximum absolute atomic E-state index is 13.9. The zero-order chi connectivity index (χ0) is 25.2. The van der Waals surface area contributed by atoms with Crippen molar-refractivity contribution in [2.24, 2.45) is 0 Å². The molecule has 2 N–H and O–H groups in total. The fourth-order valence-corrected chi connectivity index (χ4v) is 5.00. The number of aryl methyl sites for hydroxylation is 1. The number of benzene rings is 3. The molecule has 10 heteroatoms. The summed E-state index contributed by atoms with van der Waals surface area (Å²) in [7, 11) is -4.12. The highest BCUT2D eigenvalue weighted by molar-refractivity contribution is 7.92. The van der Waals surface area contributed by atoms with Crippen LogP contribution in [0.25, 0.3) is 0 Å². The van der Waals surface area contributed by atoms with Gasteiger partial charge in [-0.15, -0.1) is 0 Å². The Labute approximate surface area is 201 Å². The van der Waals surface area contributed by atoms with Crippen LogP contribution >= 0.6 is 0 Å². The van der Waals surface area contributed by atoms with Crippen molar-refractivity contribution >= 4 is 39.1 Å². The van der Waals surface area contributed by atoms with E-state index in [1.807, 2.05) is 0 Å². The van der Waals surface area contributed by atoms with E-state index in [0.29, 0.717) is 16.7 Å². The van der Waals surface area contributed by atoms with Crippen molar-refractivity contribution in [3.8, 4) is 0 Å². The molecule has 1 heterocycles. The molecule has 1 aliphatic rings. The Bertz CT molecular complexity index is 1410. The van der Waals surface area contributed by atoms with Gasteiger partial charge in [-0.1, -0.05) is 30.3 Å². The van der Waals surface area contributed by atoms with Gasteiger partial charge in [0.05, 0.1) is 17.1 Å². The molecule has 8 nitrogen and oxygen atoms in total. The molecule has 180 valence electrons. The zero-order valence-electron chi connectivity index (χ0n) is 18.7. The van der Waals surface area contributed by atoms with Crippen molar-refractivity contribution in [2.75, 3.05) is 10.0 Å². The summed E-state index contributed by atoms with van der Waals surface area (Å²) in [6.45, 7) is 1.74. The largest absolute Gasteiger partial charge is 0.322 e. The second-order valence-corrected chi connectivity index (χ2v) is 9.74. The highest BCUT2D eigenvalue weighted by Crippen LogP contribution is 2.25. The number of nitrogens with one attached hydrogen (secondary N) is 2. The second kappa shape index (κ2) is 9.67. The zero-order valence-corrected chi connectivity index (χ0v) is 19.6. The van der Waals surface area contributed by atoms with Crippen molar-refractivity contribution in [3.63, 3.8) is 0 Å². The third-order valence-electron chi connectivity index (χ3n) is 5.57. The van der Waals surface area contributed by atoms with E-state index in [1.165, 1.54) is 29.2 Å². The first kappa shape index (κ1) is 24.1. The van der Waals surface area contributed by atoms with Gasteiger partial charge in [-0.05, 0) is 54.4 Å². The van der Waals surface area contributed by atoms with Crippen molar-refractivity contribution in [2.45, 2.75) is 31.2 Å². The predicted molar refractivity (Wildman–Crippen MR) is 128 cm³/mol. The molecule has 3 aromatic rings. The number of anilines is 2. The number of amides is 3. The van der Waals surface area contributed by atoms with Gasteiger partial charge < -0.3 is 5.32 Å². The number of para-hydroxylation sites is 1. The Hall–Kier alpha value is -4.05. The summed E-state index contributed by atoms with van der Waals surface area (Å²) in [5, 5.41) is 2.66. The topological polar surface area (TPSA) is 113 Å². The Kier molecular flexibility index (Phi) is 6.65. The molecule has 0 unspecified atom stereocenters. The van der Waals surface area contributed by atoms with E-state index >= 15 is 0 Å². The highest BCUT2D eigenvalue weighted by Gasteiger charge is 2.28. The summed E-state index contributed by atoms with van der Waals surface area (Å²) in [6.07, 6.45) is 0.423. The molecule has 4 rings (SSSR count). The van der Waals surface area contributed by atoms with E-state index in [9.17, 15) is 27.2 Å². The average Bonchev–Trinajstić information content (AvgIpc) is 3.14. The lowest BCUT2D eigenvalue weighted by atomic mass is 10.1. The standard InChI is InChI=1S/C25H22FN3O5S/c1-16-6-11-19(14-22(16)35(33,34)28-21-5-3-2-4-20(21)26)27-25(32)18-9-7-17(8-10-18)15-29-23(30)12-13-24(29)31/h2-11,14,28H,12-13,15H2,1H3,(H,27,32). The third kappa shape index (κ3) is 5.38. The van der Waals surface area contributed by atoms with Gasteiger partial charge in [0.25, 0.3) is 15.9 Å². The first-order valence-electron chi connectivity index (χ1n) is 10.8. The number of carbonyl (C=O) groups excluding carboxylic acids is 3. The molecule has 0 radical (unpaired) electrons. The average molecular weight is 496 g/mol. The van der Waals surface area contributed by atoms with Crippen LogP contribution in [0.2, 0.25) is 0 Å². The minimum atomic E-state index is -4.12. The Morgan fingerprint density at radius 1 is 0.971 bits per heavy atom. The molecular formula is C25H22FN3O5S. The normalized spacial score (nSPS) is 13.7. The number of rotatable bonds is 7. The number of nitrogens with zero attached hydrogens (tertiary/aromatic N) is 1. The molecular weight excluding hydrogens is 473 g/mol. The quantitative estimate of drug-likeness (QED) is 0.484. The monoisotopic (exact) mass is 495 g/mol. The van der Waals surface area contributed by atoms with E-state index < -0.39 is 21.7 Å². The Balaban J connectivity index is 1.48. The van der Waals surface area contributed by atoms with E-state index in [0.717, 1.165) is 6.07 Å². The SMILES string of the molecule is Cc1ccc(NC(=O)c2ccc(CN3C(=O)CCC3=O)cc2)cc1S(=O)(=O)Nc1ccccc1F. The first-order valence-corrected chi connectivity index (χ1v) is 12.2. The van der Waals surface area contributed by atoms with Crippen LogP contribution in [-0.2, 0) is 26.2 Å². The smallest absolute Gasteiger partial charge is 0.262 e. The molecule has 3 amide bonds. The molecule has 35 heavy (non-hydrogen) atoms.